The third kappa shape index (κ3) is 2.88. The summed E-state index contributed by atoms with van der Waals surface area (Å²) in [6.07, 6.45) is 2.29. The molecule has 0 fully saturated rings. The number of hydrogen-bond acceptors (Lipinski definition) is 4. The van der Waals surface area contributed by atoms with Crippen molar-refractivity contribution in [3.05, 3.63) is 53.8 Å². The van der Waals surface area contributed by atoms with Crippen LogP contribution in [-0.4, -0.2) is 28.6 Å². The topological polar surface area (TPSA) is 72.4 Å². The molecule has 134 valence electrons. The van der Waals surface area contributed by atoms with Gasteiger partial charge in [0.1, 0.15) is 11.5 Å². The monoisotopic (exact) mass is 349 g/mol. The molecular weight excluding hydrogens is 326 g/mol. The molecule has 1 amide bonds. The van der Waals surface area contributed by atoms with Gasteiger partial charge in [-0.3, -0.25) is 4.79 Å². The first-order valence-electron chi connectivity index (χ1n) is 9.19. The van der Waals surface area contributed by atoms with Crippen molar-refractivity contribution in [2.24, 2.45) is 5.73 Å². The summed E-state index contributed by atoms with van der Waals surface area (Å²) in [5.74, 6) is 0.892. The molecule has 0 saturated heterocycles. The lowest BCUT2D eigenvalue weighted by molar-refractivity contribution is -0.133. The second kappa shape index (κ2) is 6.92. The number of benzene rings is 2. The molecule has 0 aliphatic carbocycles. The highest BCUT2D eigenvalue weighted by Gasteiger charge is 2.29. The van der Waals surface area contributed by atoms with Crippen LogP contribution in [0.15, 0.2) is 47.0 Å². The standard InChI is InChI=1S/C21H23N3O2/c1-2-6-18(22)21(25)24-12-11-19-17(13-24)20(23-26-19)16-10-5-8-14-7-3-4-9-15(14)16/h3-5,7-10,18H,2,6,11-13,22H2,1H3/t18-/m0/s1. The summed E-state index contributed by atoms with van der Waals surface area (Å²) in [6.45, 7) is 3.18. The van der Waals surface area contributed by atoms with Gasteiger partial charge in [0.25, 0.3) is 0 Å². The third-order valence-corrected chi connectivity index (χ3v) is 5.10. The fourth-order valence-corrected chi connectivity index (χ4v) is 3.71. The van der Waals surface area contributed by atoms with Crippen molar-refractivity contribution in [2.45, 2.75) is 38.8 Å². The van der Waals surface area contributed by atoms with E-state index in [4.69, 9.17) is 10.3 Å². The molecule has 2 heterocycles. The van der Waals surface area contributed by atoms with Gasteiger partial charge in [-0.15, -0.1) is 0 Å². The van der Waals surface area contributed by atoms with E-state index in [0.29, 0.717) is 25.9 Å². The minimum atomic E-state index is -0.428. The number of carbonyl (C=O) groups is 1. The molecule has 5 heteroatoms. The van der Waals surface area contributed by atoms with E-state index >= 15 is 0 Å². The number of nitrogens with zero attached hydrogens (tertiary/aromatic N) is 2. The van der Waals surface area contributed by atoms with Crippen LogP contribution < -0.4 is 5.73 Å². The van der Waals surface area contributed by atoms with E-state index in [1.54, 1.807) is 0 Å². The lowest BCUT2D eigenvalue weighted by Crippen LogP contribution is -2.45. The number of rotatable bonds is 4. The maximum atomic E-state index is 12.6. The molecule has 0 radical (unpaired) electrons. The van der Waals surface area contributed by atoms with Crippen molar-refractivity contribution in [1.29, 1.82) is 0 Å². The quantitative estimate of drug-likeness (QED) is 0.782. The van der Waals surface area contributed by atoms with Crippen LogP contribution in [0.2, 0.25) is 0 Å². The van der Waals surface area contributed by atoms with Crippen LogP contribution in [0.3, 0.4) is 0 Å². The Balaban J connectivity index is 1.70. The number of amides is 1. The molecule has 1 aliphatic rings. The molecule has 4 rings (SSSR count). The van der Waals surface area contributed by atoms with Crippen molar-refractivity contribution in [2.75, 3.05) is 6.54 Å². The van der Waals surface area contributed by atoms with E-state index in [-0.39, 0.29) is 5.91 Å². The predicted molar refractivity (Wildman–Crippen MR) is 101 cm³/mol. The molecular formula is C21H23N3O2. The summed E-state index contributed by atoms with van der Waals surface area (Å²) in [7, 11) is 0. The Morgan fingerprint density at radius 3 is 2.92 bits per heavy atom. The Morgan fingerprint density at radius 1 is 1.27 bits per heavy atom. The lowest BCUT2D eigenvalue weighted by Gasteiger charge is -2.28. The Hall–Kier alpha value is -2.66. The van der Waals surface area contributed by atoms with Crippen LogP contribution in [0, 0.1) is 0 Å². The van der Waals surface area contributed by atoms with Gasteiger partial charge in [0.05, 0.1) is 12.6 Å². The largest absolute Gasteiger partial charge is 0.360 e. The van der Waals surface area contributed by atoms with E-state index < -0.39 is 6.04 Å². The summed E-state index contributed by atoms with van der Waals surface area (Å²) >= 11 is 0. The SMILES string of the molecule is CCC[C@H](N)C(=O)N1CCc2onc(-c3cccc4ccccc34)c2C1. The van der Waals surface area contributed by atoms with E-state index in [9.17, 15) is 4.79 Å². The van der Waals surface area contributed by atoms with Gasteiger partial charge in [0, 0.05) is 24.1 Å². The number of carbonyl (C=O) groups excluding carboxylic acids is 1. The van der Waals surface area contributed by atoms with Crippen LogP contribution in [0.4, 0.5) is 0 Å². The highest BCUT2D eigenvalue weighted by molar-refractivity contribution is 5.96. The fourth-order valence-electron chi connectivity index (χ4n) is 3.71. The molecule has 26 heavy (non-hydrogen) atoms. The molecule has 1 aliphatic heterocycles. The van der Waals surface area contributed by atoms with Gasteiger partial charge in [0.15, 0.2) is 0 Å². The normalized spacial score (nSPS) is 15.1. The summed E-state index contributed by atoms with van der Waals surface area (Å²) < 4.78 is 5.61. The van der Waals surface area contributed by atoms with Crippen molar-refractivity contribution < 1.29 is 9.32 Å². The first-order valence-corrected chi connectivity index (χ1v) is 9.19. The minimum Gasteiger partial charge on any atom is -0.360 e. The van der Waals surface area contributed by atoms with Gasteiger partial charge in [-0.05, 0) is 17.2 Å². The Bertz CT molecular complexity index is 942. The first kappa shape index (κ1) is 16.8. The van der Waals surface area contributed by atoms with Crippen molar-refractivity contribution in [3.8, 4) is 11.3 Å². The third-order valence-electron chi connectivity index (χ3n) is 5.10. The number of fused-ring (bicyclic) bond motifs is 2. The summed E-state index contributed by atoms with van der Waals surface area (Å²) in [4.78, 5) is 14.5. The smallest absolute Gasteiger partial charge is 0.239 e. The lowest BCUT2D eigenvalue weighted by atomic mass is 9.96. The second-order valence-corrected chi connectivity index (χ2v) is 6.86. The van der Waals surface area contributed by atoms with E-state index in [1.807, 2.05) is 30.0 Å². The zero-order valence-electron chi connectivity index (χ0n) is 14.9. The molecule has 1 atom stereocenters. The van der Waals surface area contributed by atoms with Crippen LogP contribution >= 0.6 is 0 Å². The molecule has 3 aromatic rings. The fraction of sp³-hybridized carbons (Fsp3) is 0.333. The van der Waals surface area contributed by atoms with Crippen LogP contribution in [-0.2, 0) is 17.8 Å². The average Bonchev–Trinajstić information content (AvgIpc) is 3.10. The summed E-state index contributed by atoms with van der Waals surface area (Å²) in [5, 5.41) is 6.65. The van der Waals surface area contributed by atoms with E-state index in [1.165, 1.54) is 0 Å². The first-order chi connectivity index (χ1) is 12.7. The second-order valence-electron chi connectivity index (χ2n) is 6.86. The van der Waals surface area contributed by atoms with Crippen LogP contribution in [0.5, 0.6) is 0 Å². The summed E-state index contributed by atoms with van der Waals surface area (Å²) in [5.41, 5.74) is 8.93. The van der Waals surface area contributed by atoms with Crippen molar-refractivity contribution in [1.82, 2.24) is 10.1 Å². The van der Waals surface area contributed by atoms with Crippen LogP contribution in [0.25, 0.3) is 22.0 Å². The number of hydrogen-bond donors (Lipinski definition) is 1. The molecule has 0 unspecified atom stereocenters. The summed E-state index contributed by atoms with van der Waals surface area (Å²) in [6, 6.07) is 14.0. The molecule has 0 bridgehead atoms. The maximum absolute atomic E-state index is 12.6. The highest BCUT2D eigenvalue weighted by Crippen LogP contribution is 2.34. The average molecular weight is 349 g/mol. The van der Waals surface area contributed by atoms with Gasteiger partial charge < -0.3 is 15.2 Å². The van der Waals surface area contributed by atoms with Gasteiger partial charge in [0.2, 0.25) is 5.91 Å². The van der Waals surface area contributed by atoms with E-state index in [0.717, 1.165) is 39.8 Å². The van der Waals surface area contributed by atoms with Gasteiger partial charge in [-0.1, -0.05) is 61.0 Å². The Morgan fingerprint density at radius 2 is 2.08 bits per heavy atom. The van der Waals surface area contributed by atoms with Crippen molar-refractivity contribution >= 4 is 16.7 Å². The van der Waals surface area contributed by atoms with Gasteiger partial charge in [-0.2, -0.15) is 0 Å². The Kier molecular flexibility index (Phi) is 4.47. The number of aromatic nitrogens is 1. The van der Waals surface area contributed by atoms with Gasteiger partial charge in [-0.25, -0.2) is 0 Å². The molecule has 2 N–H and O–H groups in total. The van der Waals surface area contributed by atoms with Gasteiger partial charge >= 0.3 is 0 Å². The molecule has 1 aromatic heterocycles. The highest BCUT2D eigenvalue weighted by atomic mass is 16.5. The molecule has 2 aromatic carbocycles. The Labute approximate surface area is 152 Å². The molecule has 0 saturated carbocycles. The molecule has 5 nitrogen and oxygen atoms in total. The predicted octanol–water partition coefficient (Wildman–Crippen LogP) is 3.51. The molecule has 0 spiro atoms. The van der Waals surface area contributed by atoms with E-state index in [2.05, 4.69) is 29.4 Å². The minimum absolute atomic E-state index is 0.0163. The van der Waals surface area contributed by atoms with Crippen LogP contribution in [0.1, 0.15) is 31.1 Å². The maximum Gasteiger partial charge on any atom is 0.239 e. The number of nitrogens with two attached hydrogens (primary N) is 1. The zero-order chi connectivity index (χ0) is 18.1. The van der Waals surface area contributed by atoms with Crippen molar-refractivity contribution in [3.63, 3.8) is 0 Å². The zero-order valence-corrected chi connectivity index (χ0v) is 14.9.